The van der Waals surface area contributed by atoms with E-state index in [1.54, 1.807) is 17.6 Å². The number of amides is 1. The van der Waals surface area contributed by atoms with Crippen molar-refractivity contribution >= 4 is 22.8 Å². The van der Waals surface area contributed by atoms with Crippen LogP contribution in [0.15, 0.2) is 66.9 Å². The Morgan fingerprint density at radius 2 is 1.79 bits per heavy atom. The molecule has 9 heteroatoms. The van der Waals surface area contributed by atoms with Gasteiger partial charge in [0.2, 0.25) is 0 Å². The lowest BCUT2D eigenvalue weighted by Crippen LogP contribution is -2.62. The molecule has 1 amide bonds. The molecule has 0 bridgehead atoms. The van der Waals surface area contributed by atoms with Gasteiger partial charge < -0.3 is 15.2 Å². The number of aryl methyl sites for hydroxylation is 1. The molecule has 0 radical (unpaired) electrons. The fraction of sp³-hybridized carbons (Fsp3) is 0.303. The molecule has 0 aliphatic heterocycles. The number of fused-ring (bicyclic) bond motifs is 3. The van der Waals surface area contributed by atoms with E-state index in [0.29, 0.717) is 46.3 Å². The van der Waals surface area contributed by atoms with Gasteiger partial charge in [-0.2, -0.15) is 14.9 Å². The molecular weight excluding hydrogens is 528 g/mol. The summed E-state index contributed by atoms with van der Waals surface area (Å²) in [6.07, 6.45) is 1.86. The van der Waals surface area contributed by atoms with Gasteiger partial charge in [-0.1, -0.05) is 54.6 Å². The van der Waals surface area contributed by atoms with Crippen molar-refractivity contribution in [2.75, 3.05) is 0 Å². The van der Waals surface area contributed by atoms with E-state index in [2.05, 4.69) is 21.5 Å². The third-order valence-electron chi connectivity index (χ3n) is 7.54. The van der Waals surface area contributed by atoms with Gasteiger partial charge in [-0.3, -0.25) is 0 Å². The van der Waals surface area contributed by atoms with Crippen LogP contribution >= 0.6 is 0 Å². The minimum atomic E-state index is -0.906. The van der Waals surface area contributed by atoms with Gasteiger partial charge in [0.15, 0.2) is 11.3 Å². The standard InChI is InChI=1S/C33H32N6O3/c1-20-15-26-35-17-25-24(16-34)27(21-9-7-6-8-10-21)28(36-29(25)39(26)38-20)22-11-13-23(14-12-22)33(18-32(5,41)19-33)37-30(40)42-31(2,3)4/h6-15,17,41H,18-19H2,1-5H3,(H,37,40)/t32-,33-. The lowest BCUT2D eigenvalue weighted by molar-refractivity contribution is -0.0892. The number of alkyl carbamates (subject to hydrolysis) is 1. The number of hydrogen-bond acceptors (Lipinski definition) is 7. The summed E-state index contributed by atoms with van der Waals surface area (Å²) in [5.41, 5.74) is 3.97. The molecule has 0 spiro atoms. The lowest BCUT2D eigenvalue weighted by atomic mass is 9.62. The Balaban J connectivity index is 1.50. The van der Waals surface area contributed by atoms with E-state index in [4.69, 9.17) is 9.72 Å². The molecule has 3 aromatic heterocycles. The van der Waals surface area contributed by atoms with Gasteiger partial charge in [0.25, 0.3) is 0 Å². The number of carbonyl (C=O) groups excluding carboxylic acids is 1. The van der Waals surface area contributed by atoms with E-state index < -0.39 is 22.8 Å². The fourth-order valence-corrected chi connectivity index (χ4v) is 6.01. The van der Waals surface area contributed by atoms with Crippen LogP contribution in [-0.2, 0) is 10.3 Å². The van der Waals surface area contributed by atoms with Crippen LogP contribution in [0.4, 0.5) is 4.79 Å². The van der Waals surface area contributed by atoms with Crippen LogP contribution < -0.4 is 5.32 Å². The Labute approximate surface area is 243 Å². The molecule has 212 valence electrons. The van der Waals surface area contributed by atoms with Gasteiger partial charge >= 0.3 is 6.09 Å². The maximum atomic E-state index is 12.8. The monoisotopic (exact) mass is 560 g/mol. The maximum Gasteiger partial charge on any atom is 0.408 e. The van der Waals surface area contributed by atoms with Crippen molar-refractivity contribution < 1.29 is 14.6 Å². The van der Waals surface area contributed by atoms with Crippen molar-refractivity contribution in [1.29, 1.82) is 5.26 Å². The fourth-order valence-electron chi connectivity index (χ4n) is 6.01. The summed E-state index contributed by atoms with van der Waals surface area (Å²) in [4.78, 5) is 22.4. The number of nitrogens with one attached hydrogen (secondary N) is 1. The normalized spacial score (nSPS) is 20.2. The first-order valence-electron chi connectivity index (χ1n) is 13.9. The Morgan fingerprint density at radius 1 is 1.10 bits per heavy atom. The largest absolute Gasteiger partial charge is 0.444 e. The SMILES string of the molecule is Cc1cc2ncc3c(C#N)c(-c4ccccc4)c(-c4ccc([C@]5(NC(=O)OC(C)(C)C)C[C@](C)(O)C5)cc4)nc3n2n1. The van der Waals surface area contributed by atoms with Crippen LogP contribution in [0.2, 0.25) is 0 Å². The Morgan fingerprint density at radius 3 is 2.40 bits per heavy atom. The van der Waals surface area contributed by atoms with Gasteiger partial charge in [0, 0.05) is 36.2 Å². The maximum absolute atomic E-state index is 12.8. The number of nitrogens with zero attached hydrogens (tertiary/aromatic N) is 5. The van der Waals surface area contributed by atoms with Crippen molar-refractivity contribution in [3.8, 4) is 28.5 Å². The number of nitriles is 1. The molecule has 5 aromatic rings. The number of carbonyl (C=O) groups is 1. The molecule has 0 saturated heterocycles. The molecule has 1 fully saturated rings. The van der Waals surface area contributed by atoms with E-state index in [1.165, 1.54) is 0 Å². The molecule has 1 aliphatic rings. The van der Waals surface area contributed by atoms with Crippen molar-refractivity contribution in [3.63, 3.8) is 0 Å². The average Bonchev–Trinajstić information content (AvgIpc) is 3.31. The van der Waals surface area contributed by atoms with Crippen LogP contribution in [0.25, 0.3) is 39.1 Å². The van der Waals surface area contributed by atoms with Gasteiger partial charge in [-0.15, -0.1) is 0 Å². The second kappa shape index (κ2) is 9.64. The first kappa shape index (κ1) is 27.4. The number of ether oxygens (including phenoxy) is 1. The van der Waals surface area contributed by atoms with E-state index in [-0.39, 0.29) is 0 Å². The molecule has 0 atom stereocenters. The summed E-state index contributed by atoms with van der Waals surface area (Å²) in [5, 5.41) is 29.3. The van der Waals surface area contributed by atoms with Crippen molar-refractivity contribution in [1.82, 2.24) is 24.9 Å². The van der Waals surface area contributed by atoms with Crippen LogP contribution in [-0.4, -0.2) is 42.0 Å². The molecule has 2 aromatic carbocycles. The quantitative estimate of drug-likeness (QED) is 0.274. The summed E-state index contributed by atoms with van der Waals surface area (Å²) in [7, 11) is 0. The first-order chi connectivity index (χ1) is 19.9. The highest BCUT2D eigenvalue weighted by atomic mass is 16.6. The Hall–Kier alpha value is -4.81. The van der Waals surface area contributed by atoms with Crippen molar-refractivity contribution in [3.05, 3.63) is 83.7 Å². The highest BCUT2D eigenvalue weighted by Gasteiger charge is 2.53. The van der Waals surface area contributed by atoms with Gasteiger partial charge in [-0.25, -0.2) is 14.8 Å². The van der Waals surface area contributed by atoms with E-state index in [1.807, 2.05) is 88.4 Å². The number of rotatable bonds is 4. The van der Waals surface area contributed by atoms with Gasteiger partial charge in [0.1, 0.15) is 11.7 Å². The van der Waals surface area contributed by atoms with Crippen LogP contribution in [0.1, 0.15) is 57.4 Å². The minimum absolute atomic E-state index is 0.351. The summed E-state index contributed by atoms with van der Waals surface area (Å²) in [6, 6.07) is 21.8. The summed E-state index contributed by atoms with van der Waals surface area (Å²) in [5.74, 6) is 0. The van der Waals surface area contributed by atoms with Gasteiger partial charge in [0.05, 0.1) is 33.5 Å². The second-order valence-electron chi connectivity index (χ2n) is 12.4. The smallest absolute Gasteiger partial charge is 0.408 e. The molecule has 6 rings (SSSR count). The van der Waals surface area contributed by atoms with Crippen LogP contribution in [0.3, 0.4) is 0 Å². The first-order valence-corrected chi connectivity index (χ1v) is 13.9. The van der Waals surface area contributed by atoms with Crippen LogP contribution in [0.5, 0.6) is 0 Å². The van der Waals surface area contributed by atoms with E-state index in [0.717, 1.165) is 22.4 Å². The predicted octanol–water partition coefficient (Wildman–Crippen LogP) is 6.06. The average molecular weight is 561 g/mol. The second-order valence-corrected chi connectivity index (χ2v) is 12.4. The lowest BCUT2D eigenvalue weighted by Gasteiger charge is -2.52. The highest BCUT2D eigenvalue weighted by molar-refractivity contribution is 5.97. The number of benzene rings is 2. The van der Waals surface area contributed by atoms with Gasteiger partial charge in [-0.05, 0) is 45.7 Å². The summed E-state index contributed by atoms with van der Waals surface area (Å²) < 4.78 is 7.21. The predicted molar refractivity (Wildman–Crippen MR) is 160 cm³/mol. The Kier molecular flexibility index (Phi) is 6.28. The van der Waals surface area contributed by atoms with E-state index in [9.17, 15) is 15.2 Å². The molecule has 3 heterocycles. The number of aromatic nitrogens is 4. The molecule has 1 saturated carbocycles. The zero-order valence-electron chi connectivity index (χ0n) is 24.3. The number of pyridine rings is 1. The molecule has 42 heavy (non-hydrogen) atoms. The topological polar surface area (TPSA) is 125 Å². The zero-order valence-corrected chi connectivity index (χ0v) is 24.3. The van der Waals surface area contributed by atoms with E-state index >= 15 is 0 Å². The third kappa shape index (κ3) is 4.84. The molecular formula is C33H32N6O3. The number of hydrogen-bond donors (Lipinski definition) is 2. The zero-order chi connectivity index (χ0) is 29.9. The van der Waals surface area contributed by atoms with Crippen molar-refractivity contribution in [2.24, 2.45) is 0 Å². The van der Waals surface area contributed by atoms with Crippen LogP contribution in [0, 0.1) is 18.3 Å². The molecule has 1 aliphatic carbocycles. The number of aliphatic hydroxyl groups is 1. The van der Waals surface area contributed by atoms with Crippen molar-refractivity contribution in [2.45, 2.75) is 64.2 Å². The third-order valence-corrected chi connectivity index (χ3v) is 7.54. The molecule has 9 nitrogen and oxygen atoms in total. The minimum Gasteiger partial charge on any atom is -0.444 e. The highest BCUT2D eigenvalue weighted by Crippen LogP contribution is 2.49. The molecule has 0 unspecified atom stereocenters. The summed E-state index contributed by atoms with van der Waals surface area (Å²) in [6.45, 7) is 9.10. The molecule has 2 N–H and O–H groups in total. The Bertz CT molecular complexity index is 1870. The summed E-state index contributed by atoms with van der Waals surface area (Å²) >= 11 is 0.